The molecule has 2 aromatic rings. The maximum atomic E-state index is 13.6. The summed E-state index contributed by atoms with van der Waals surface area (Å²) in [6.07, 6.45) is -0.476. The molecule has 0 fully saturated rings. The molecule has 1 N–H and O–H groups in total. The number of rotatable bonds is 6. The number of hydrogen-bond donors (Lipinski definition) is 1. The van der Waals surface area contributed by atoms with Gasteiger partial charge in [-0.1, -0.05) is 22.0 Å². The number of esters is 1. The van der Waals surface area contributed by atoms with Gasteiger partial charge in [0.2, 0.25) is 0 Å². The number of amides is 1. The number of benzene rings is 2. The Morgan fingerprint density at radius 1 is 1.24 bits per heavy atom. The lowest BCUT2D eigenvalue weighted by Crippen LogP contribution is -2.21. The number of carbonyl (C=O) groups excluding carboxylic acids is 2. The summed E-state index contributed by atoms with van der Waals surface area (Å²) in [5, 5.41) is 2.55. The second-order valence-corrected chi connectivity index (χ2v) is 6.24. The normalized spacial score (nSPS) is 11.7. The van der Waals surface area contributed by atoms with Crippen molar-refractivity contribution in [3.05, 3.63) is 63.9 Å². The van der Waals surface area contributed by atoms with E-state index in [2.05, 4.69) is 21.2 Å². The maximum Gasteiger partial charge on any atom is 0.340 e. The van der Waals surface area contributed by atoms with E-state index in [1.165, 1.54) is 13.2 Å². The SMILES string of the molecule is COC[C@H](C)OC(=O)c1ccc(F)cc1NC(=O)c1cccc(Br)c1. The van der Waals surface area contributed by atoms with Crippen LogP contribution in [0.4, 0.5) is 10.1 Å². The predicted octanol–water partition coefficient (Wildman–Crippen LogP) is 4.03. The van der Waals surface area contributed by atoms with Gasteiger partial charge in [0.15, 0.2) is 0 Å². The Morgan fingerprint density at radius 3 is 2.68 bits per heavy atom. The monoisotopic (exact) mass is 409 g/mol. The van der Waals surface area contributed by atoms with Crippen LogP contribution in [0.3, 0.4) is 0 Å². The van der Waals surface area contributed by atoms with Crippen molar-refractivity contribution in [2.24, 2.45) is 0 Å². The first kappa shape index (κ1) is 19.1. The van der Waals surface area contributed by atoms with E-state index < -0.39 is 23.8 Å². The van der Waals surface area contributed by atoms with E-state index in [1.807, 2.05) is 0 Å². The fraction of sp³-hybridized carbons (Fsp3) is 0.222. The zero-order valence-corrected chi connectivity index (χ0v) is 15.3. The molecule has 1 atom stereocenters. The fourth-order valence-corrected chi connectivity index (χ4v) is 2.54. The minimum atomic E-state index is -0.672. The summed E-state index contributed by atoms with van der Waals surface area (Å²) in [7, 11) is 1.49. The van der Waals surface area contributed by atoms with Crippen molar-refractivity contribution in [2.75, 3.05) is 19.0 Å². The standard InChI is InChI=1S/C18H17BrFNO4/c1-11(10-24-2)25-18(23)15-7-6-14(20)9-16(15)21-17(22)12-4-3-5-13(19)8-12/h3-9,11H,10H2,1-2H3,(H,21,22)/t11-/m0/s1. The Bertz CT molecular complexity index is 781. The summed E-state index contributed by atoms with van der Waals surface area (Å²) in [6.45, 7) is 1.90. The number of halogens is 2. The molecule has 132 valence electrons. The first-order valence-corrected chi connectivity index (χ1v) is 8.26. The molecule has 25 heavy (non-hydrogen) atoms. The molecule has 0 heterocycles. The molecular weight excluding hydrogens is 393 g/mol. The molecule has 2 rings (SSSR count). The summed E-state index contributed by atoms with van der Waals surface area (Å²) in [6, 6.07) is 10.2. The number of methoxy groups -OCH3 is 1. The van der Waals surface area contributed by atoms with Crippen molar-refractivity contribution in [1.82, 2.24) is 0 Å². The van der Waals surface area contributed by atoms with Gasteiger partial charge in [0, 0.05) is 17.1 Å². The van der Waals surface area contributed by atoms with E-state index in [4.69, 9.17) is 9.47 Å². The predicted molar refractivity (Wildman–Crippen MR) is 95.2 cm³/mol. The first-order valence-electron chi connectivity index (χ1n) is 7.47. The number of anilines is 1. The molecule has 0 bridgehead atoms. The van der Waals surface area contributed by atoms with Crippen LogP contribution in [0.5, 0.6) is 0 Å². The number of carbonyl (C=O) groups is 2. The lowest BCUT2D eigenvalue weighted by atomic mass is 10.1. The summed E-state index contributed by atoms with van der Waals surface area (Å²) in [5.74, 6) is -1.72. The third kappa shape index (κ3) is 5.37. The molecule has 0 aliphatic rings. The Morgan fingerprint density at radius 2 is 2.00 bits per heavy atom. The van der Waals surface area contributed by atoms with Crippen LogP contribution in [0, 0.1) is 5.82 Å². The minimum Gasteiger partial charge on any atom is -0.457 e. The van der Waals surface area contributed by atoms with Gasteiger partial charge in [-0.15, -0.1) is 0 Å². The van der Waals surface area contributed by atoms with Crippen LogP contribution in [-0.4, -0.2) is 31.7 Å². The van der Waals surface area contributed by atoms with Gasteiger partial charge in [0.25, 0.3) is 5.91 Å². The highest BCUT2D eigenvalue weighted by Crippen LogP contribution is 2.21. The Balaban J connectivity index is 2.23. The van der Waals surface area contributed by atoms with Gasteiger partial charge >= 0.3 is 5.97 Å². The van der Waals surface area contributed by atoms with Gasteiger partial charge in [0.05, 0.1) is 17.9 Å². The van der Waals surface area contributed by atoms with Crippen LogP contribution in [0.1, 0.15) is 27.6 Å². The summed E-state index contributed by atoms with van der Waals surface area (Å²) in [5.41, 5.74) is 0.470. The van der Waals surface area contributed by atoms with Crippen LogP contribution < -0.4 is 5.32 Å². The largest absolute Gasteiger partial charge is 0.457 e. The molecular formula is C18H17BrFNO4. The van der Waals surface area contributed by atoms with E-state index in [0.29, 0.717) is 5.56 Å². The van der Waals surface area contributed by atoms with E-state index in [1.54, 1.807) is 31.2 Å². The molecule has 7 heteroatoms. The molecule has 1 amide bonds. The second-order valence-electron chi connectivity index (χ2n) is 5.33. The summed E-state index contributed by atoms with van der Waals surface area (Å²) in [4.78, 5) is 24.6. The third-order valence-electron chi connectivity index (χ3n) is 3.25. The smallest absolute Gasteiger partial charge is 0.340 e. The first-order chi connectivity index (χ1) is 11.9. The fourth-order valence-electron chi connectivity index (χ4n) is 2.14. The van der Waals surface area contributed by atoms with Crippen molar-refractivity contribution in [2.45, 2.75) is 13.0 Å². The third-order valence-corrected chi connectivity index (χ3v) is 3.74. The topological polar surface area (TPSA) is 64.6 Å². The highest BCUT2D eigenvalue weighted by molar-refractivity contribution is 9.10. The average molecular weight is 410 g/mol. The van der Waals surface area contributed by atoms with E-state index in [9.17, 15) is 14.0 Å². The number of hydrogen-bond acceptors (Lipinski definition) is 4. The van der Waals surface area contributed by atoms with Gasteiger partial charge < -0.3 is 14.8 Å². The van der Waals surface area contributed by atoms with Gasteiger partial charge in [-0.05, 0) is 43.3 Å². The van der Waals surface area contributed by atoms with Crippen LogP contribution in [0.15, 0.2) is 46.9 Å². The highest BCUT2D eigenvalue weighted by Gasteiger charge is 2.18. The molecule has 5 nitrogen and oxygen atoms in total. The molecule has 0 spiro atoms. The molecule has 2 aromatic carbocycles. The quantitative estimate of drug-likeness (QED) is 0.731. The number of nitrogens with one attached hydrogen (secondary N) is 1. The molecule has 0 radical (unpaired) electrons. The van der Waals surface area contributed by atoms with Crippen LogP contribution in [0.25, 0.3) is 0 Å². The lowest BCUT2D eigenvalue weighted by molar-refractivity contribution is 0.0121. The van der Waals surface area contributed by atoms with Crippen molar-refractivity contribution in [3.63, 3.8) is 0 Å². The Kier molecular flexibility index (Phi) is 6.66. The van der Waals surface area contributed by atoms with Gasteiger partial charge in [-0.3, -0.25) is 4.79 Å². The zero-order chi connectivity index (χ0) is 18.4. The van der Waals surface area contributed by atoms with Crippen LogP contribution in [0.2, 0.25) is 0 Å². The van der Waals surface area contributed by atoms with E-state index >= 15 is 0 Å². The van der Waals surface area contributed by atoms with Crippen LogP contribution >= 0.6 is 15.9 Å². The molecule has 0 unspecified atom stereocenters. The minimum absolute atomic E-state index is 0.0413. The van der Waals surface area contributed by atoms with E-state index in [-0.39, 0.29) is 17.9 Å². The molecule has 0 aromatic heterocycles. The molecule has 0 saturated heterocycles. The van der Waals surface area contributed by atoms with Crippen LogP contribution in [-0.2, 0) is 9.47 Å². The lowest BCUT2D eigenvalue weighted by Gasteiger charge is -2.15. The van der Waals surface area contributed by atoms with Crippen molar-refractivity contribution >= 4 is 33.5 Å². The van der Waals surface area contributed by atoms with Gasteiger partial charge in [-0.2, -0.15) is 0 Å². The average Bonchev–Trinajstić information content (AvgIpc) is 2.55. The Hall–Kier alpha value is -2.25. The van der Waals surface area contributed by atoms with Crippen molar-refractivity contribution in [3.8, 4) is 0 Å². The van der Waals surface area contributed by atoms with Gasteiger partial charge in [-0.25, -0.2) is 9.18 Å². The number of ether oxygens (including phenoxy) is 2. The zero-order valence-electron chi connectivity index (χ0n) is 13.7. The highest BCUT2D eigenvalue weighted by atomic mass is 79.9. The maximum absolute atomic E-state index is 13.6. The van der Waals surface area contributed by atoms with Crippen molar-refractivity contribution < 1.29 is 23.5 Å². The van der Waals surface area contributed by atoms with Gasteiger partial charge in [0.1, 0.15) is 11.9 Å². The second kappa shape index (κ2) is 8.73. The van der Waals surface area contributed by atoms with E-state index in [0.717, 1.165) is 16.6 Å². The Labute approximate surface area is 153 Å². The summed E-state index contributed by atoms with van der Waals surface area (Å²) < 4.78 is 24.4. The van der Waals surface area contributed by atoms with Crippen molar-refractivity contribution in [1.29, 1.82) is 0 Å². The molecule has 0 saturated carbocycles. The molecule has 0 aliphatic carbocycles. The summed E-state index contributed by atoms with van der Waals surface area (Å²) >= 11 is 3.28. The molecule has 0 aliphatic heterocycles.